The molecule has 2 aromatic heterocycles. The van der Waals surface area contributed by atoms with Crippen LogP contribution in [0.5, 0.6) is 23.7 Å². The number of aromatic nitrogens is 4. The summed E-state index contributed by atoms with van der Waals surface area (Å²) >= 11 is 0. The van der Waals surface area contributed by atoms with Crippen molar-refractivity contribution in [2.45, 2.75) is 82.4 Å². The SMILES string of the molecule is C=C[C@@H]1C[C@@]1(C(=O)NS(=O)(=O)C1CC1)N(C(=O)[C@@H](Nc1nc(OC)nc(OC)n1)C(C)(C)C)C(=O)N1C[C@H](Oc2nccc3cc(OC)ccc23)CC1C. The summed E-state index contributed by atoms with van der Waals surface area (Å²) in [7, 11) is 0.236. The molecule has 1 saturated heterocycles. The molecule has 0 spiro atoms. The van der Waals surface area contributed by atoms with Gasteiger partial charge >= 0.3 is 18.1 Å². The van der Waals surface area contributed by atoms with Crippen LogP contribution >= 0.6 is 0 Å². The summed E-state index contributed by atoms with van der Waals surface area (Å²) in [5, 5.41) is 3.89. The summed E-state index contributed by atoms with van der Waals surface area (Å²) in [6.07, 6.45) is 3.71. The number of sulfonamides is 1. The van der Waals surface area contributed by atoms with Crippen LogP contribution in [-0.4, -0.2) is 113 Å². The number of likely N-dealkylation sites (tertiary alicyclic amines) is 1. The predicted molar refractivity (Wildman–Crippen MR) is 197 cm³/mol. The minimum absolute atomic E-state index is 0.0319. The number of fused-ring (bicyclic) bond motifs is 1. The molecule has 4 amide bonds. The topological polar surface area (TPSA) is 204 Å². The summed E-state index contributed by atoms with van der Waals surface area (Å²) in [6, 6.07) is 4.67. The first kappa shape index (κ1) is 38.5. The Bertz CT molecular complexity index is 2050. The minimum atomic E-state index is -4.06. The normalized spacial score (nSPS) is 22.9. The van der Waals surface area contributed by atoms with E-state index in [0.717, 1.165) is 15.7 Å². The van der Waals surface area contributed by atoms with Gasteiger partial charge in [-0.05, 0) is 61.3 Å². The number of nitrogens with zero attached hydrogens (tertiary/aromatic N) is 6. The van der Waals surface area contributed by atoms with Crippen molar-refractivity contribution in [2.75, 3.05) is 33.2 Å². The Labute approximate surface area is 313 Å². The number of imide groups is 1. The molecule has 5 atom stereocenters. The molecule has 2 aliphatic carbocycles. The van der Waals surface area contributed by atoms with Crippen LogP contribution in [0, 0.1) is 11.3 Å². The van der Waals surface area contributed by atoms with Crippen LogP contribution in [0.4, 0.5) is 10.7 Å². The number of benzene rings is 1. The van der Waals surface area contributed by atoms with Gasteiger partial charge in [-0.3, -0.25) is 14.3 Å². The number of nitrogens with one attached hydrogen (secondary N) is 2. The Hall–Kier alpha value is -5.26. The smallest absolute Gasteiger partial charge is 0.328 e. The number of pyridine rings is 1. The zero-order valence-corrected chi connectivity index (χ0v) is 32.2. The van der Waals surface area contributed by atoms with Crippen LogP contribution in [0.1, 0.15) is 53.4 Å². The Kier molecular flexibility index (Phi) is 10.3. The quantitative estimate of drug-likeness (QED) is 0.240. The molecule has 3 aliphatic rings. The standard InChI is InChI=1S/C36H46N8O9S/c1-9-22-18-36(22,30(46)42-54(48,49)25-11-12-25)44(29(45)27(35(3,4)5)38-31-39-32(51-7)41-33(40-31)52-8)34(47)43-19-24(16-20(43)2)53-28-26-13-10-23(50-6)17-21(26)14-15-37-28/h9-10,13-15,17,20,22,24-25,27H,1,11-12,16,18-19H2,2-8H3,(H,42,46)(H,38,39,40,41)/t20?,22-,24-,27-,36-/m1/s1. The molecule has 2 N–H and O–H groups in total. The lowest BCUT2D eigenvalue weighted by Crippen LogP contribution is -2.64. The Balaban J connectivity index is 1.37. The molecule has 3 fully saturated rings. The molecule has 1 aliphatic heterocycles. The maximum atomic E-state index is 15.1. The molecule has 1 unspecified atom stereocenters. The molecule has 6 rings (SSSR count). The van der Waals surface area contributed by atoms with E-state index < -0.39 is 68.2 Å². The van der Waals surface area contributed by atoms with Gasteiger partial charge in [0.05, 0.1) is 33.1 Å². The molecule has 17 nitrogen and oxygen atoms in total. The molecular formula is C36H46N8O9S. The largest absolute Gasteiger partial charge is 0.497 e. The fraction of sp³-hybridized carbons (Fsp3) is 0.528. The maximum absolute atomic E-state index is 15.1. The van der Waals surface area contributed by atoms with E-state index in [0.29, 0.717) is 30.9 Å². The first-order chi connectivity index (χ1) is 25.6. The first-order valence-electron chi connectivity index (χ1n) is 17.6. The number of urea groups is 1. The lowest BCUT2D eigenvalue weighted by Gasteiger charge is -2.39. The van der Waals surface area contributed by atoms with Crippen molar-refractivity contribution in [1.29, 1.82) is 0 Å². The number of hydrogen-bond donors (Lipinski definition) is 2. The Morgan fingerprint density at radius 3 is 2.31 bits per heavy atom. The Morgan fingerprint density at radius 2 is 1.74 bits per heavy atom. The number of ether oxygens (including phenoxy) is 4. The van der Waals surface area contributed by atoms with Crippen molar-refractivity contribution in [3.8, 4) is 23.7 Å². The molecule has 18 heteroatoms. The van der Waals surface area contributed by atoms with Crippen LogP contribution in [0.25, 0.3) is 10.8 Å². The van der Waals surface area contributed by atoms with Gasteiger partial charge in [-0.1, -0.05) is 26.8 Å². The molecule has 3 aromatic rings. The molecule has 54 heavy (non-hydrogen) atoms. The molecule has 0 radical (unpaired) electrons. The third-order valence-electron chi connectivity index (χ3n) is 10.0. The van der Waals surface area contributed by atoms with Gasteiger partial charge in [0, 0.05) is 30.0 Å². The molecule has 3 heterocycles. The van der Waals surface area contributed by atoms with E-state index in [1.165, 1.54) is 25.2 Å². The number of rotatable bonds is 13. The van der Waals surface area contributed by atoms with E-state index in [9.17, 15) is 13.2 Å². The van der Waals surface area contributed by atoms with Crippen LogP contribution < -0.4 is 29.0 Å². The predicted octanol–water partition coefficient (Wildman–Crippen LogP) is 3.32. The Morgan fingerprint density at radius 1 is 1.06 bits per heavy atom. The number of hydrogen-bond acceptors (Lipinski definition) is 14. The molecule has 290 valence electrons. The highest BCUT2D eigenvalue weighted by atomic mass is 32.2. The number of carbonyl (C=O) groups excluding carboxylic acids is 3. The van der Waals surface area contributed by atoms with Gasteiger partial charge in [-0.2, -0.15) is 9.97 Å². The number of methoxy groups -OCH3 is 3. The second-order valence-corrected chi connectivity index (χ2v) is 16.8. The summed E-state index contributed by atoms with van der Waals surface area (Å²) < 4.78 is 50.5. The van der Waals surface area contributed by atoms with Gasteiger partial charge in [-0.15, -0.1) is 11.6 Å². The summed E-state index contributed by atoms with van der Waals surface area (Å²) in [5.41, 5.74) is -2.82. The number of carbonyl (C=O) groups is 3. The van der Waals surface area contributed by atoms with Crippen molar-refractivity contribution in [1.82, 2.24) is 34.5 Å². The van der Waals surface area contributed by atoms with Crippen molar-refractivity contribution in [2.24, 2.45) is 11.3 Å². The van der Waals surface area contributed by atoms with E-state index in [1.807, 2.05) is 25.1 Å². The van der Waals surface area contributed by atoms with Gasteiger partial charge in [0.2, 0.25) is 21.9 Å². The fourth-order valence-corrected chi connectivity index (χ4v) is 8.13. The lowest BCUT2D eigenvalue weighted by molar-refractivity contribution is -0.141. The van der Waals surface area contributed by atoms with Gasteiger partial charge in [0.1, 0.15) is 23.4 Å². The number of amides is 4. The van der Waals surface area contributed by atoms with E-state index in [2.05, 4.69) is 36.6 Å². The average molecular weight is 767 g/mol. The molecule has 1 aromatic carbocycles. The van der Waals surface area contributed by atoms with Crippen molar-refractivity contribution < 1.29 is 41.7 Å². The van der Waals surface area contributed by atoms with E-state index in [-0.39, 0.29) is 30.9 Å². The second-order valence-electron chi connectivity index (χ2n) is 14.9. The number of anilines is 1. The molecular weight excluding hydrogens is 721 g/mol. The van der Waals surface area contributed by atoms with Crippen molar-refractivity contribution in [3.63, 3.8) is 0 Å². The van der Waals surface area contributed by atoms with Crippen molar-refractivity contribution >= 4 is 44.6 Å². The average Bonchev–Trinajstić information content (AvgIpc) is 4.07. The highest BCUT2D eigenvalue weighted by Crippen LogP contribution is 2.51. The molecule has 0 bridgehead atoms. The van der Waals surface area contributed by atoms with Gasteiger partial charge in [0.25, 0.3) is 11.8 Å². The zero-order chi connectivity index (χ0) is 39.2. The molecule has 2 saturated carbocycles. The van der Waals surface area contributed by atoms with E-state index >= 15 is 9.59 Å². The monoisotopic (exact) mass is 766 g/mol. The summed E-state index contributed by atoms with van der Waals surface area (Å²) in [4.78, 5) is 63.6. The van der Waals surface area contributed by atoms with Gasteiger partial charge in [0.15, 0.2) is 0 Å². The summed E-state index contributed by atoms with van der Waals surface area (Å²) in [6.45, 7) is 11.0. The zero-order valence-electron chi connectivity index (χ0n) is 31.4. The highest BCUT2D eigenvalue weighted by Gasteiger charge is 2.68. The fourth-order valence-electron chi connectivity index (χ4n) is 6.78. The van der Waals surface area contributed by atoms with Gasteiger partial charge in [-0.25, -0.2) is 23.1 Å². The van der Waals surface area contributed by atoms with Crippen LogP contribution in [0.15, 0.2) is 43.1 Å². The second kappa shape index (κ2) is 14.5. The summed E-state index contributed by atoms with van der Waals surface area (Å²) in [5.74, 6) is -1.58. The third-order valence-corrected chi connectivity index (χ3v) is 11.8. The van der Waals surface area contributed by atoms with Crippen molar-refractivity contribution in [3.05, 3.63) is 43.1 Å². The highest BCUT2D eigenvalue weighted by molar-refractivity contribution is 7.91. The van der Waals surface area contributed by atoms with E-state index in [1.54, 1.807) is 40.1 Å². The maximum Gasteiger partial charge on any atom is 0.328 e. The third kappa shape index (κ3) is 7.43. The lowest BCUT2D eigenvalue weighted by atomic mass is 9.85. The first-order valence-corrected chi connectivity index (χ1v) is 19.1. The van der Waals surface area contributed by atoms with Crippen LogP contribution in [0.3, 0.4) is 0 Å². The van der Waals surface area contributed by atoms with Crippen LogP contribution in [0.2, 0.25) is 0 Å². The van der Waals surface area contributed by atoms with E-state index in [4.69, 9.17) is 18.9 Å². The van der Waals surface area contributed by atoms with Crippen LogP contribution in [-0.2, 0) is 19.6 Å². The van der Waals surface area contributed by atoms with Gasteiger partial charge < -0.3 is 29.2 Å². The minimum Gasteiger partial charge on any atom is -0.497 e.